The quantitative estimate of drug-likeness (QED) is 0.528. The van der Waals surface area contributed by atoms with Crippen molar-refractivity contribution in [3.8, 4) is 0 Å². The molecule has 0 radical (unpaired) electrons. The molecule has 18 heavy (non-hydrogen) atoms. The molecule has 0 aliphatic carbocycles. The number of nitrogens with two attached hydrogens (primary N) is 1. The second-order valence-corrected chi connectivity index (χ2v) is 5.72. The molecule has 1 saturated heterocycles. The Balaban J connectivity index is 2.35. The van der Waals surface area contributed by atoms with Crippen molar-refractivity contribution in [3.05, 3.63) is 11.9 Å². The van der Waals surface area contributed by atoms with Crippen LogP contribution in [0, 0.1) is 0 Å². The molecule has 100 valence electrons. The van der Waals surface area contributed by atoms with Gasteiger partial charge in [0.05, 0.1) is 6.10 Å². The summed E-state index contributed by atoms with van der Waals surface area (Å²) in [5, 5.41) is 9.59. The van der Waals surface area contributed by atoms with Gasteiger partial charge in [-0.1, -0.05) is 20.8 Å². The maximum Gasteiger partial charge on any atom is 0.145 e. The highest BCUT2D eigenvalue weighted by molar-refractivity contribution is 5.50. The number of aliphatic hydroxyl groups is 1. The molecule has 4 N–H and O–H groups in total. The molecule has 0 aromatic carbocycles. The Bertz CT molecular complexity index is 429. The molecule has 6 nitrogen and oxygen atoms in total. The lowest BCUT2D eigenvalue weighted by molar-refractivity contribution is 0.198. The summed E-state index contributed by atoms with van der Waals surface area (Å²) >= 11 is 0. The number of hydrogen-bond acceptors (Lipinski definition) is 6. The second kappa shape index (κ2) is 4.70. The third-order valence-corrected chi connectivity index (χ3v) is 3.02. The first kappa shape index (κ1) is 13.0. The highest BCUT2D eigenvalue weighted by atomic mass is 16.3. The molecule has 0 bridgehead atoms. The number of nitrogens with zero attached hydrogens (tertiary/aromatic N) is 3. The Kier molecular flexibility index (Phi) is 3.41. The van der Waals surface area contributed by atoms with Crippen molar-refractivity contribution in [2.45, 2.75) is 38.7 Å². The fourth-order valence-electron chi connectivity index (χ4n) is 1.96. The van der Waals surface area contributed by atoms with E-state index in [4.69, 9.17) is 5.84 Å². The van der Waals surface area contributed by atoms with E-state index in [0.29, 0.717) is 12.4 Å². The van der Waals surface area contributed by atoms with Crippen molar-refractivity contribution in [2.75, 3.05) is 23.4 Å². The predicted octanol–water partition coefficient (Wildman–Crippen LogP) is 0.631. The summed E-state index contributed by atoms with van der Waals surface area (Å²) in [5.74, 6) is 7.62. The average molecular weight is 251 g/mol. The molecule has 1 aliphatic heterocycles. The van der Waals surface area contributed by atoms with Crippen molar-refractivity contribution in [1.29, 1.82) is 0 Å². The Morgan fingerprint density at radius 3 is 2.67 bits per heavy atom. The molecule has 2 heterocycles. The second-order valence-electron chi connectivity index (χ2n) is 5.72. The van der Waals surface area contributed by atoms with E-state index >= 15 is 0 Å². The van der Waals surface area contributed by atoms with E-state index in [2.05, 4.69) is 41.1 Å². The van der Waals surface area contributed by atoms with Crippen molar-refractivity contribution in [2.24, 2.45) is 5.84 Å². The summed E-state index contributed by atoms with van der Waals surface area (Å²) in [6, 6.07) is 1.81. The van der Waals surface area contributed by atoms with Gasteiger partial charge in [0.15, 0.2) is 0 Å². The molecule has 1 aliphatic rings. The van der Waals surface area contributed by atoms with Crippen LogP contribution in [0.15, 0.2) is 6.07 Å². The normalized spacial score (nSPS) is 20.3. The van der Waals surface area contributed by atoms with E-state index in [1.165, 1.54) is 0 Å². The van der Waals surface area contributed by atoms with Gasteiger partial charge in [0.1, 0.15) is 17.5 Å². The van der Waals surface area contributed by atoms with Crippen LogP contribution in [0.4, 0.5) is 11.6 Å². The molecule has 1 unspecified atom stereocenters. The van der Waals surface area contributed by atoms with Crippen molar-refractivity contribution < 1.29 is 5.11 Å². The van der Waals surface area contributed by atoms with Gasteiger partial charge in [0, 0.05) is 24.6 Å². The van der Waals surface area contributed by atoms with E-state index < -0.39 is 0 Å². The van der Waals surface area contributed by atoms with E-state index in [-0.39, 0.29) is 11.5 Å². The standard InChI is InChI=1S/C12H21N5O/c1-12(2,3)11-14-9(16-13)6-10(15-11)17-5-4-8(18)7-17/h6,8,18H,4-5,7,13H2,1-3H3,(H,14,15,16). The molecule has 0 amide bonds. The molecule has 1 aromatic rings. The molecule has 1 fully saturated rings. The highest BCUT2D eigenvalue weighted by Gasteiger charge is 2.25. The molecule has 0 saturated carbocycles. The van der Waals surface area contributed by atoms with Gasteiger partial charge in [-0.3, -0.25) is 0 Å². The molecule has 1 aromatic heterocycles. The summed E-state index contributed by atoms with van der Waals surface area (Å²) < 4.78 is 0. The van der Waals surface area contributed by atoms with Crippen LogP contribution in [0.3, 0.4) is 0 Å². The number of aromatic nitrogens is 2. The van der Waals surface area contributed by atoms with Crippen LogP contribution < -0.4 is 16.2 Å². The zero-order valence-electron chi connectivity index (χ0n) is 11.1. The maximum absolute atomic E-state index is 9.59. The van der Waals surface area contributed by atoms with Crippen LogP contribution >= 0.6 is 0 Å². The summed E-state index contributed by atoms with van der Waals surface area (Å²) in [4.78, 5) is 11.0. The fraction of sp³-hybridized carbons (Fsp3) is 0.667. The third-order valence-electron chi connectivity index (χ3n) is 3.02. The van der Waals surface area contributed by atoms with Gasteiger partial charge < -0.3 is 15.4 Å². The van der Waals surface area contributed by atoms with Crippen LogP contribution in [0.1, 0.15) is 33.0 Å². The van der Waals surface area contributed by atoms with E-state index in [1.807, 2.05) is 6.07 Å². The minimum absolute atomic E-state index is 0.139. The molecule has 2 rings (SSSR count). The summed E-state index contributed by atoms with van der Waals surface area (Å²) in [5.41, 5.74) is 2.44. The van der Waals surface area contributed by atoms with Gasteiger partial charge >= 0.3 is 0 Å². The first-order valence-corrected chi connectivity index (χ1v) is 6.19. The van der Waals surface area contributed by atoms with Gasteiger partial charge in [0.25, 0.3) is 0 Å². The maximum atomic E-state index is 9.59. The summed E-state index contributed by atoms with van der Waals surface area (Å²) in [6.45, 7) is 7.61. The first-order chi connectivity index (χ1) is 8.40. The number of nitrogen functional groups attached to an aromatic ring is 1. The van der Waals surface area contributed by atoms with Crippen LogP contribution in [0.5, 0.6) is 0 Å². The zero-order chi connectivity index (χ0) is 13.3. The molecular formula is C12H21N5O. The summed E-state index contributed by atoms with van der Waals surface area (Å²) in [7, 11) is 0. The Labute approximate surface area is 107 Å². The van der Waals surface area contributed by atoms with E-state index in [1.54, 1.807) is 0 Å². The molecule has 6 heteroatoms. The lowest BCUT2D eigenvalue weighted by Gasteiger charge is -2.22. The lowest BCUT2D eigenvalue weighted by atomic mass is 9.96. The minimum Gasteiger partial charge on any atom is -0.391 e. The van der Waals surface area contributed by atoms with Gasteiger partial charge in [-0.05, 0) is 6.42 Å². The van der Waals surface area contributed by atoms with Crippen LogP contribution in [-0.2, 0) is 5.41 Å². The monoisotopic (exact) mass is 251 g/mol. The SMILES string of the molecule is CC(C)(C)c1nc(NN)cc(N2CCC(O)C2)n1. The number of β-amino-alcohol motifs (C(OH)–C–C–N with tert-alkyl or cyclic N) is 1. The van der Waals surface area contributed by atoms with Crippen LogP contribution in [0.25, 0.3) is 0 Å². The number of aliphatic hydroxyl groups excluding tert-OH is 1. The van der Waals surface area contributed by atoms with Crippen LogP contribution in [0.2, 0.25) is 0 Å². The average Bonchev–Trinajstić information content (AvgIpc) is 2.74. The first-order valence-electron chi connectivity index (χ1n) is 6.19. The number of rotatable bonds is 2. The lowest BCUT2D eigenvalue weighted by Crippen LogP contribution is -2.26. The van der Waals surface area contributed by atoms with Crippen molar-refractivity contribution in [3.63, 3.8) is 0 Å². The molecule has 0 spiro atoms. The highest BCUT2D eigenvalue weighted by Crippen LogP contribution is 2.25. The molecule has 1 atom stereocenters. The summed E-state index contributed by atoms with van der Waals surface area (Å²) in [6.07, 6.45) is 0.507. The Hall–Kier alpha value is -1.40. The largest absolute Gasteiger partial charge is 0.391 e. The minimum atomic E-state index is -0.271. The van der Waals surface area contributed by atoms with Crippen molar-refractivity contribution >= 4 is 11.6 Å². The van der Waals surface area contributed by atoms with E-state index in [0.717, 1.165) is 24.6 Å². The van der Waals surface area contributed by atoms with Gasteiger partial charge in [-0.25, -0.2) is 15.8 Å². The molecular weight excluding hydrogens is 230 g/mol. The van der Waals surface area contributed by atoms with Gasteiger partial charge in [-0.15, -0.1) is 0 Å². The van der Waals surface area contributed by atoms with Crippen LogP contribution in [-0.4, -0.2) is 34.3 Å². The fourth-order valence-corrected chi connectivity index (χ4v) is 1.96. The number of hydrazine groups is 1. The van der Waals surface area contributed by atoms with Crippen molar-refractivity contribution in [1.82, 2.24) is 9.97 Å². The number of nitrogens with one attached hydrogen (secondary N) is 1. The Morgan fingerprint density at radius 2 is 2.17 bits per heavy atom. The smallest absolute Gasteiger partial charge is 0.145 e. The number of anilines is 2. The number of hydrogen-bond donors (Lipinski definition) is 3. The zero-order valence-corrected chi connectivity index (χ0v) is 11.1. The van der Waals surface area contributed by atoms with Gasteiger partial charge in [0.2, 0.25) is 0 Å². The topological polar surface area (TPSA) is 87.3 Å². The predicted molar refractivity (Wildman–Crippen MR) is 71.4 cm³/mol. The van der Waals surface area contributed by atoms with Gasteiger partial charge in [-0.2, -0.15) is 0 Å². The van der Waals surface area contributed by atoms with E-state index in [9.17, 15) is 5.11 Å². The Morgan fingerprint density at radius 1 is 1.44 bits per heavy atom. The third kappa shape index (κ3) is 2.70.